The van der Waals surface area contributed by atoms with Gasteiger partial charge in [0.1, 0.15) is 0 Å². The van der Waals surface area contributed by atoms with Crippen molar-refractivity contribution in [3.63, 3.8) is 0 Å². The third-order valence-corrected chi connectivity index (χ3v) is 3.57. The number of carbonyl (C=O) groups excluding carboxylic acids is 2. The molecule has 1 saturated heterocycles. The van der Waals surface area contributed by atoms with Gasteiger partial charge in [0.05, 0.1) is 0 Å². The first-order valence-electron chi connectivity index (χ1n) is 7.18. The van der Waals surface area contributed by atoms with E-state index in [0.717, 1.165) is 19.1 Å². The number of rotatable bonds is 3. The van der Waals surface area contributed by atoms with Gasteiger partial charge in [0.25, 0.3) is 5.88 Å². The SMILES string of the molecule is CC(=O)Oc1c(N2CCCC2=O)oc(-c2ccc(F)c(F)c2)c1O. The molecule has 0 saturated carbocycles. The number of carbonyl (C=O) groups is 2. The number of aromatic hydroxyl groups is 1. The highest BCUT2D eigenvalue weighted by atomic mass is 19.2. The van der Waals surface area contributed by atoms with E-state index in [1.165, 1.54) is 11.0 Å². The van der Waals surface area contributed by atoms with Crippen LogP contribution in [0.5, 0.6) is 11.5 Å². The molecular weight excluding hydrogens is 324 g/mol. The van der Waals surface area contributed by atoms with Crippen molar-refractivity contribution in [3.8, 4) is 22.8 Å². The Morgan fingerprint density at radius 2 is 2.08 bits per heavy atom. The summed E-state index contributed by atoms with van der Waals surface area (Å²) in [5, 5.41) is 10.3. The van der Waals surface area contributed by atoms with Crippen LogP contribution >= 0.6 is 0 Å². The van der Waals surface area contributed by atoms with Crippen molar-refractivity contribution in [2.24, 2.45) is 0 Å². The van der Waals surface area contributed by atoms with Gasteiger partial charge in [0, 0.05) is 25.5 Å². The Labute approximate surface area is 135 Å². The van der Waals surface area contributed by atoms with Gasteiger partial charge in [-0.3, -0.25) is 14.5 Å². The second-order valence-corrected chi connectivity index (χ2v) is 5.29. The zero-order chi connectivity index (χ0) is 17.4. The van der Waals surface area contributed by atoms with Gasteiger partial charge in [-0.2, -0.15) is 0 Å². The second kappa shape index (κ2) is 5.95. The lowest BCUT2D eigenvalue weighted by Gasteiger charge is -2.13. The molecule has 0 spiro atoms. The fourth-order valence-corrected chi connectivity index (χ4v) is 2.51. The molecule has 1 amide bonds. The Balaban J connectivity index is 2.13. The van der Waals surface area contributed by atoms with Crippen LogP contribution in [0.25, 0.3) is 11.3 Å². The first kappa shape index (κ1) is 16.0. The molecule has 8 heteroatoms. The molecule has 1 aliphatic rings. The molecule has 0 atom stereocenters. The first-order chi connectivity index (χ1) is 11.4. The molecule has 0 bridgehead atoms. The fraction of sp³-hybridized carbons (Fsp3) is 0.250. The quantitative estimate of drug-likeness (QED) is 0.871. The van der Waals surface area contributed by atoms with Gasteiger partial charge in [-0.05, 0) is 24.6 Å². The second-order valence-electron chi connectivity index (χ2n) is 5.29. The number of furan rings is 1. The van der Waals surface area contributed by atoms with Gasteiger partial charge >= 0.3 is 5.97 Å². The van der Waals surface area contributed by atoms with Crippen LogP contribution < -0.4 is 9.64 Å². The summed E-state index contributed by atoms with van der Waals surface area (Å²) in [7, 11) is 0. The summed E-state index contributed by atoms with van der Waals surface area (Å²) in [5.74, 6) is -4.41. The van der Waals surface area contributed by atoms with Crippen LogP contribution in [0.15, 0.2) is 22.6 Å². The van der Waals surface area contributed by atoms with Crippen LogP contribution in [0.1, 0.15) is 19.8 Å². The van der Waals surface area contributed by atoms with Crippen LogP contribution in [0.4, 0.5) is 14.7 Å². The third-order valence-electron chi connectivity index (χ3n) is 3.57. The standard InChI is InChI=1S/C16H13F2NO5/c1-8(20)23-15-13(22)14(9-4-5-10(17)11(18)7-9)24-16(15)19-6-2-3-12(19)21/h4-5,7,22H,2-3,6H2,1H3. The molecule has 1 fully saturated rings. The Hall–Kier alpha value is -2.90. The molecule has 0 radical (unpaired) electrons. The van der Waals surface area contributed by atoms with Crippen LogP contribution in [0.3, 0.4) is 0 Å². The minimum atomic E-state index is -1.13. The van der Waals surface area contributed by atoms with Crippen LogP contribution in [0.2, 0.25) is 0 Å². The van der Waals surface area contributed by atoms with Crippen LogP contribution in [0, 0.1) is 11.6 Å². The van der Waals surface area contributed by atoms with E-state index in [1.54, 1.807) is 0 Å². The maximum absolute atomic E-state index is 13.4. The molecule has 3 rings (SSSR count). The van der Waals surface area contributed by atoms with Crippen molar-refractivity contribution in [2.75, 3.05) is 11.4 Å². The summed E-state index contributed by atoms with van der Waals surface area (Å²) >= 11 is 0. The third kappa shape index (κ3) is 2.70. The number of amides is 1. The molecule has 1 N–H and O–H groups in total. The van der Waals surface area contributed by atoms with Crippen LogP contribution in [-0.4, -0.2) is 23.5 Å². The lowest BCUT2D eigenvalue weighted by atomic mass is 10.1. The van der Waals surface area contributed by atoms with Crippen molar-refractivity contribution in [2.45, 2.75) is 19.8 Å². The van der Waals surface area contributed by atoms with Crippen LogP contribution in [-0.2, 0) is 9.59 Å². The van der Waals surface area contributed by atoms with Crippen molar-refractivity contribution < 1.29 is 32.6 Å². The van der Waals surface area contributed by atoms with Crippen molar-refractivity contribution >= 4 is 17.8 Å². The van der Waals surface area contributed by atoms with E-state index in [2.05, 4.69) is 0 Å². The monoisotopic (exact) mass is 337 g/mol. The van der Waals surface area contributed by atoms with E-state index >= 15 is 0 Å². The highest BCUT2D eigenvalue weighted by molar-refractivity contribution is 5.97. The number of benzene rings is 1. The smallest absolute Gasteiger partial charge is 0.308 e. The number of nitrogens with zero attached hydrogens (tertiary/aromatic N) is 1. The summed E-state index contributed by atoms with van der Waals surface area (Å²) in [6.45, 7) is 1.45. The molecule has 0 unspecified atom stereocenters. The first-order valence-corrected chi connectivity index (χ1v) is 7.18. The van der Waals surface area contributed by atoms with Gasteiger partial charge in [0.15, 0.2) is 17.4 Å². The summed E-state index contributed by atoms with van der Waals surface area (Å²) in [6.07, 6.45) is 0.877. The highest BCUT2D eigenvalue weighted by Gasteiger charge is 2.33. The van der Waals surface area contributed by atoms with Crippen molar-refractivity contribution in [3.05, 3.63) is 29.8 Å². The molecule has 1 aliphatic heterocycles. The summed E-state index contributed by atoms with van der Waals surface area (Å²) in [4.78, 5) is 24.4. The molecule has 1 aromatic heterocycles. The van der Waals surface area contributed by atoms with Crippen molar-refractivity contribution in [1.82, 2.24) is 0 Å². The molecule has 126 valence electrons. The topological polar surface area (TPSA) is 80.0 Å². The number of ether oxygens (including phenoxy) is 1. The zero-order valence-corrected chi connectivity index (χ0v) is 12.6. The Bertz CT molecular complexity index is 830. The molecule has 24 heavy (non-hydrogen) atoms. The lowest BCUT2D eigenvalue weighted by molar-refractivity contribution is -0.132. The Morgan fingerprint density at radius 3 is 2.67 bits per heavy atom. The zero-order valence-electron chi connectivity index (χ0n) is 12.6. The van der Waals surface area contributed by atoms with Gasteiger partial charge in [-0.15, -0.1) is 0 Å². The summed E-state index contributed by atoms with van der Waals surface area (Å²) in [6, 6.07) is 2.91. The maximum atomic E-state index is 13.4. The average molecular weight is 337 g/mol. The number of halogens is 2. The van der Waals surface area contributed by atoms with Gasteiger partial charge in [-0.1, -0.05) is 0 Å². The van der Waals surface area contributed by atoms with E-state index in [1.807, 2.05) is 0 Å². The predicted octanol–water partition coefficient (Wildman–Crippen LogP) is 2.98. The predicted molar refractivity (Wildman–Crippen MR) is 78.6 cm³/mol. The molecule has 2 heterocycles. The summed E-state index contributed by atoms with van der Waals surface area (Å²) < 4.78 is 36.9. The Kier molecular flexibility index (Phi) is 3.96. The van der Waals surface area contributed by atoms with Gasteiger partial charge in [0.2, 0.25) is 17.4 Å². The van der Waals surface area contributed by atoms with E-state index in [9.17, 15) is 23.5 Å². The molecule has 0 aliphatic carbocycles. The van der Waals surface area contributed by atoms with Crippen molar-refractivity contribution in [1.29, 1.82) is 0 Å². The Morgan fingerprint density at radius 1 is 1.33 bits per heavy atom. The fourth-order valence-electron chi connectivity index (χ4n) is 2.51. The minimum Gasteiger partial charge on any atom is -0.502 e. The van der Waals surface area contributed by atoms with Gasteiger partial charge < -0.3 is 14.3 Å². The highest BCUT2D eigenvalue weighted by Crippen LogP contribution is 2.48. The minimum absolute atomic E-state index is 0.0395. The number of anilines is 1. The average Bonchev–Trinajstić information content (AvgIpc) is 3.07. The van der Waals surface area contributed by atoms with E-state index in [4.69, 9.17) is 9.15 Å². The lowest BCUT2D eigenvalue weighted by Crippen LogP contribution is -2.24. The molecule has 2 aromatic rings. The number of hydrogen-bond donors (Lipinski definition) is 1. The number of hydrogen-bond acceptors (Lipinski definition) is 5. The molecule has 1 aromatic carbocycles. The molecule has 6 nitrogen and oxygen atoms in total. The summed E-state index contributed by atoms with van der Waals surface area (Å²) in [5.41, 5.74) is 0.0395. The van der Waals surface area contributed by atoms with Gasteiger partial charge in [-0.25, -0.2) is 8.78 Å². The van der Waals surface area contributed by atoms with E-state index < -0.39 is 23.4 Å². The molecular formula is C16H13F2NO5. The largest absolute Gasteiger partial charge is 0.502 e. The number of esters is 1. The normalized spacial score (nSPS) is 14.3. The maximum Gasteiger partial charge on any atom is 0.308 e. The van der Waals surface area contributed by atoms with E-state index in [0.29, 0.717) is 19.4 Å². The van der Waals surface area contributed by atoms with E-state index in [-0.39, 0.29) is 28.9 Å².